The maximum atomic E-state index is 11.3. The van der Waals surface area contributed by atoms with E-state index in [1.54, 1.807) is 7.11 Å². The van der Waals surface area contributed by atoms with Gasteiger partial charge in [0.1, 0.15) is 5.75 Å². The normalized spacial score (nSPS) is 12.8. The Kier molecular flexibility index (Phi) is 4.01. The van der Waals surface area contributed by atoms with Crippen molar-refractivity contribution in [3.05, 3.63) is 22.3 Å². The summed E-state index contributed by atoms with van der Waals surface area (Å²) in [7, 11) is 1.58. The monoisotopic (exact) mass is 268 g/mol. The molecule has 0 unspecified atom stereocenters. The number of hydrogen-bond acceptors (Lipinski definition) is 3. The van der Waals surface area contributed by atoms with Crippen molar-refractivity contribution in [3.8, 4) is 36.2 Å². The molecule has 20 heavy (non-hydrogen) atoms. The first kappa shape index (κ1) is 14.0. The van der Waals surface area contributed by atoms with Crippen molar-refractivity contribution in [3.63, 3.8) is 0 Å². The molecule has 102 valence electrons. The zero-order valence-corrected chi connectivity index (χ0v) is 11.7. The number of rotatable bonds is 2. The lowest BCUT2D eigenvalue weighted by Crippen LogP contribution is -2.14. The molecular weight excluding hydrogens is 252 g/mol. The van der Waals surface area contributed by atoms with Gasteiger partial charge in [0.05, 0.1) is 18.2 Å². The Morgan fingerprint density at radius 3 is 2.00 bits per heavy atom. The predicted octanol–water partition coefficient (Wildman–Crippen LogP) is 2.46. The zero-order valence-electron chi connectivity index (χ0n) is 11.7. The summed E-state index contributed by atoms with van der Waals surface area (Å²) in [5.41, 5.74) is 2.89. The van der Waals surface area contributed by atoms with Gasteiger partial charge in [-0.15, -0.1) is 12.8 Å². The van der Waals surface area contributed by atoms with Crippen LogP contribution in [0.3, 0.4) is 0 Å². The minimum absolute atomic E-state index is 0.401. The average Bonchev–Trinajstić information content (AvgIpc) is 2.46. The lowest BCUT2D eigenvalue weighted by atomic mass is 9.86. The highest BCUT2D eigenvalue weighted by Crippen LogP contribution is 2.42. The predicted molar refractivity (Wildman–Crippen MR) is 76.8 cm³/mol. The molecule has 3 heteroatoms. The summed E-state index contributed by atoms with van der Waals surface area (Å²) in [6.45, 7) is 1.36. The number of hydrogen-bond donors (Lipinski definition) is 0. The Balaban J connectivity index is 2.82. The fourth-order valence-corrected chi connectivity index (χ4v) is 2.69. The van der Waals surface area contributed by atoms with Gasteiger partial charge in [0.2, 0.25) is 0 Å². The van der Waals surface area contributed by atoms with Gasteiger partial charge < -0.3 is 9.47 Å². The molecule has 0 amide bonds. The van der Waals surface area contributed by atoms with Crippen molar-refractivity contribution in [2.75, 3.05) is 7.11 Å². The number of carbonyl (C=O) groups is 1. The molecular formula is C17H16O3. The molecule has 0 radical (unpaired) electrons. The number of fused-ring (bicyclic) bond motifs is 1. The molecule has 1 aromatic rings. The largest absolute Gasteiger partial charge is 0.495 e. The van der Waals surface area contributed by atoms with Crippen LogP contribution in [0.15, 0.2) is 0 Å². The third-order valence-corrected chi connectivity index (χ3v) is 3.46. The van der Waals surface area contributed by atoms with Crippen LogP contribution in [0.2, 0.25) is 0 Å². The van der Waals surface area contributed by atoms with Gasteiger partial charge in [0, 0.05) is 18.1 Å². The third kappa shape index (κ3) is 2.24. The van der Waals surface area contributed by atoms with Gasteiger partial charge in [0.15, 0.2) is 5.75 Å². The van der Waals surface area contributed by atoms with E-state index < -0.39 is 5.97 Å². The molecule has 1 aliphatic carbocycles. The first-order valence-corrected chi connectivity index (χ1v) is 6.51. The van der Waals surface area contributed by atoms with E-state index in [-0.39, 0.29) is 0 Å². The SMILES string of the molecule is C#Cc1c(C#C)c(OC(C)=O)c2c(c1OC)CCCC2. The molecule has 3 nitrogen and oxygen atoms in total. The summed E-state index contributed by atoms with van der Waals surface area (Å²) in [6, 6.07) is 0. The summed E-state index contributed by atoms with van der Waals surface area (Å²) in [5.74, 6) is 5.79. The molecule has 0 saturated carbocycles. The van der Waals surface area contributed by atoms with Crippen LogP contribution in [0.1, 0.15) is 42.0 Å². The maximum Gasteiger partial charge on any atom is 0.308 e. The minimum atomic E-state index is -0.401. The lowest BCUT2D eigenvalue weighted by Gasteiger charge is -2.24. The molecule has 0 aromatic heterocycles. The minimum Gasteiger partial charge on any atom is -0.495 e. The van der Waals surface area contributed by atoms with E-state index in [1.807, 2.05) is 0 Å². The van der Waals surface area contributed by atoms with E-state index >= 15 is 0 Å². The van der Waals surface area contributed by atoms with Crippen molar-refractivity contribution in [1.82, 2.24) is 0 Å². The zero-order chi connectivity index (χ0) is 14.7. The number of methoxy groups -OCH3 is 1. The molecule has 0 fully saturated rings. The fourth-order valence-electron chi connectivity index (χ4n) is 2.69. The first-order chi connectivity index (χ1) is 9.63. The van der Waals surface area contributed by atoms with E-state index in [9.17, 15) is 4.79 Å². The second-order valence-electron chi connectivity index (χ2n) is 4.66. The van der Waals surface area contributed by atoms with Gasteiger partial charge >= 0.3 is 5.97 Å². The number of ether oxygens (including phenoxy) is 2. The van der Waals surface area contributed by atoms with Crippen molar-refractivity contribution >= 4 is 5.97 Å². The summed E-state index contributed by atoms with van der Waals surface area (Å²) in [5, 5.41) is 0. The summed E-state index contributed by atoms with van der Waals surface area (Å²) >= 11 is 0. The number of esters is 1. The van der Waals surface area contributed by atoms with Crippen LogP contribution < -0.4 is 9.47 Å². The smallest absolute Gasteiger partial charge is 0.308 e. The van der Waals surface area contributed by atoms with E-state index in [0.717, 1.165) is 36.8 Å². The van der Waals surface area contributed by atoms with E-state index in [4.69, 9.17) is 22.3 Å². The molecule has 0 aliphatic heterocycles. The van der Waals surface area contributed by atoms with Crippen LogP contribution in [0, 0.1) is 24.7 Å². The topological polar surface area (TPSA) is 35.5 Å². The Labute approximate surface area is 119 Å². The molecule has 1 aromatic carbocycles. The van der Waals surface area contributed by atoms with Gasteiger partial charge in [-0.3, -0.25) is 4.79 Å². The first-order valence-electron chi connectivity index (χ1n) is 6.51. The second-order valence-corrected chi connectivity index (χ2v) is 4.66. The Morgan fingerprint density at radius 2 is 1.55 bits per heavy atom. The summed E-state index contributed by atoms with van der Waals surface area (Å²) in [6.07, 6.45) is 14.9. The highest BCUT2D eigenvalue weighted by Gasteiger charge is 2.26. The lowest BCUT2D eigenvalue weighted by molar-refractivity contribution is -0.131. The molecule has 0 spiro atoms. The average molecular weight is 268 g/mol. The van der Waals surface area contributed by atoms with Gasteiger partial charge in [0.25, 0.3) is 0 Å². The van der Waals surface area contributed by atoms with Crippen molar-refractivity contribution in [2.45, 2.75) is 32.6 Å². The molecule has 0 bridgehead atoms. The molecule has 2 rings (SSSR count). The third-order valence-electron chi connectivity index (χ3n) is 3.46. The Morgan fingerprint density at radius 1 is 1.05 bits per heavy atom. The van der Waals surface area contributed by atoms with Crippen molar-refractivity contribution < 1.29 is 14.3 Å². The van der Waals surface area contributed by atoms with Crippen LogP contribution in [-0.4, -0.2) is 13.1 Å². The fraction of sp³-hybridized carbons (Fsp3) is 0.353. The molecule has 0 atom stereocenters. The van der Waals surface area contributed by atoms with E-state index in [2.05, 4.69) is 11.8 Å². The molecule has 0 N–H and O–H groups in total. The van der Waals surface area contributed by atoms with Crippen molar-refractivity contribution in [1.29, 1.82) is 0 Å². The van der Waals surface area contributed by atoms with Gasteiger partial charge in [-0.05, 0) is 25.7 Å². The van der Waals surface area contributed by atoms with Gasteiger partial charge in [-0.1, -0.05) is 11.8 Å². The quantitative estimate of drug-likeness (QED) is 0.469. The number of benzene rings is 1. The maximum absolute atomic E-state index is 11.3. The molecule has 0 saturated heterocycles. The molecule has 0 heterocycles. The van der Waals surface area contributed by atoms with E-state index in [1.165, 1.54) is 6.92 Å². The highest BCUT2D eigenvalue weighted by atomic mass is 16.5. The van der Waals surface area contributed by atoms with Gasteiger partial charge in [-0.2, -0.15) is 0 Å². The Hall–Kier alpha value is -2.39. The van der Waals surface area contributed by atoms with Crippen LogP contribution in [0.25, 0.3) is 0 Å². The van der Waals surface area contributed by atoms with Crippen molar-refractivity contribution in [2.24, 2.45) is 0 Å². The number of carbonyl (C=O) groups excluding carboxylic acids is 1. The van der Waals surface area contributed by atoms with Crippen LogP contribution in [0.4, 0.5) is 0 Å². The van der Waals surface area contributed by atoms with Crippen LogP contribution >= 0.6 is 0 Å². The van der Waals surface area contributed by atoms with Crippen LogP contribution in [0.5, 0.6) is 11.5 Å². The second kappa shape index (κ2) is 5.72. The molecule has 1 aliphatic rings. The summed E-state index contributed by atoms with van der Waals surface area (Å²) < 4.78 is 10.8. The summed E-state index contributed by atoms with van der Waals surface area (Å²) in [4.78, 5) is 11.3. The Bertz CT molecular complexity index is 642. The van der Waals surface area contributed by atoms with Gasteiger partial charge in [-0.25, -0.2) is 0 Å². The number of terminal acetylenes is 2. The van der Waals surface area contributed by atoms with Crippen LogP contribution in [-0.2, 0) is 17.6 Å². The highest BCUT2D eigenvalue weighted by molar-refractivity contribution is 5.75. The van der Waals surface area contributed by atoms with E-state index in [0.29, 0.717) is 22.6 Å². The standard InChI is InChI=1S/C17H16O3/c1-5-12-13(6-2)17(20-11(3)18)15-10-8-7-9-14(15)16(12)19-4/h1-2H,7-10H2,3-4H3.